The van der Waals surface area contributed by atoms with Gasteiger partial charge in [0.05, 0.1) is 10.2 Å². The van der Waals surface area contributed by atoms with Gasteiger partial charge in [-0.15, -0.1) is 11.3 Å². The molecule has 0 aliphatic carbocycles. The molecule has 2 nitrogen and oxygen atoms in total. The minimum absolute atomic E-state index is 0.0984. The van der Waals surface area contributed by atoms with Crippen LogP contribution in [0.3, 0.4) is 0 Å². The van der Waals surface area contributed by atoms with Gasteiger partial charge in [0.2, 0.25) is 0 Å². The van der Waals surface area contributed by atoms with Crippen molar-refractivity contribution in [2.75, 3.05) is 0 Å². The maximum Gasteiger partial charge on any atom is 0.166 e. The average molecular weight is 323 g/mol. The first-order valence-corrected chi connectivity index (χ1v) is 9.24. The van der Waals surface area contributed by atoms with Gasteiger partial charge in [-0.05, 0) is 56.2 Å². The van der Waals surface area contributed by atoms with Crippen molar-refractivity contribution in [3.05, 3.63) is 24.3 Å². The Bertz CT molecular complexity index is 554. The number of benzene rings is 1. The van der Waals surface area contributed by atoms with Gasteiger partial charge in [-0.3, -0.25) is 4.72 Å². The number of hydrogen-bond acceptors (Lipinski definition) is 4. The number of rotatable bonds is 7. The predicted molar refractivity (Wildman–Crippen MR) is 96.0 cm³/mol. The molecule has 0 aliphatic heterocycles. The fourth-order valence-corrected chi connectivity index (χ4v) is 4.91. The lowest BCUT2D eigenvalue weighted by Gasteiger charge is -2.35. The molecule has 0 atom stereocenters. The molecule has 0 aliphatic rings. The molecule has 0 bridgehead atoms. The normalized spacial score (nSPS) is 13.0. The number of thiazole rings is 1. The van der Waals surface area contributed by atoms with E-state index in [1.807, 2.05) is 6.07 Å². The Hall–Kier alpha value is -0.580. The second kappa shape index (κ2) is 6.67. The van der Waals surface area contributed by atoms with Crippen LogP contribution in [0.1, 0.15) is 53.9 Å². The average Bonchev–Trinajstić information content (AvgIpc) is 2.77. The Morgan fingerprint density at radius 3 is 2.57 bits per heavy atom. The minimum atomic E-state index is 0.0984. The molecule has 0 radical (unpaired) electrons. The van der Waals surface area contributed by atoms with Crippen LogP contribution in [-0.4, -0.2) is 10.5 Å². The summed E-state index contributed by atoms with van der Waals surface area (Å²) in [7, 11) is 0. The molecule has 2 rings (SSSR count). The molecule has 0 unspecified atom stereocenters. The molecular weight excluding hydrogens is 296 g/mol. The SMILES string of the molecule is CCCC(C)(C)CC(C)(C)NSc1nc2ccccc2s1. The highest BCUT2D eigenvalue weighted by molar-refractivity contribution is 7.99. The number of nitrogens with one attached hydrogen (secondary N) is 1. The highest BCUT2D eigenvalue weighted by atomic mass is 32.2. The fraction of sp³-hybridized carbons (Fsp3) is 0.588. The third-order valence-corrected chi connectivity index (χ3v) is 5.79. The highest BCUT2D eigenvalue weighted by Gasteiger charge is 2.28. The summed E-state index contributed by atoms with van der Waals surface area (Å²) in [5.41, 5.74) is 1.57. The number of para-hydroxylation sites is 1. The van der Waals surface area contributed by atoms with Gasteiger partial charge in [0, 0.05) is 5.54 Å². The molecule has 4 heteroatoms. The fourth-order valence-electron chi connectivity index (χ4n) is 3.07. The van der Waals surface area contributed by atoms with Crippen LogP contribution >= 0.6 is 23.3 Å². The van der Waals surface area contributed by atoms with Crippen molar-refractivity contribution in [1.29, 1.82) is 0 Å². The van der Waals surface area contributed by atoms with Crippen molar-refractivity contribution in [3.63, 3.8) is 0 Å². The van der Waals surface area contributed by atoms with Crippen molar-refractivity contribution in [1.82, 2.24) is 9.71 Å². The van der Waals surface area contributed by atoms with Crippen LogP contribution in [-0.2, 0) is 0 Å². The smallest absolute Gasteiger partial charge is 0.166 e. The quantitative estimate of drug-likeness (QED) is 0.643. The number of nitrogens with zero attached hydrogens (tertiary/aromatic N) is 1. The lowest BCUT2D eigenvalue weighted by Crippen LogP contribution is -2.39. The molecule has 0 spiro atoms. The molecule has 0 saturated carbocycles. The third-order valence-electron chi connectivity index (χ3n) is 3.54. The first-order chi connectivity index (χ1) is 9.81. The number of aromatic nitrogens is 1. The van der Waals surface area contributed by atoms with E-state index in [1.54, 1.807) is 23.3 Å². The van der Waals surface area contributed by atoms with Crippen LogP contribution in [0.25, 0.3) is 10.2 Å². The third kappa shape index (κ3) is 4.97. The topological polar surface area (TPSA) is 24.9 Å². The largest absolute Gasteiger partial charge is 0.252 e. The van der Waals surface area contributed by atoms with Gasteiger partial charge in [-0.1, -0.05) is 39.3 Å². The Balaban J connectivity index is 1.97. The number of fused-ring (bicyclic) bond motifs is 1. The summed E-state index contributed by atoms with van der Waals surface area (Å²) < 4.78 is 5.97. The Morgan fingerprint density at radius 1 is 1.19 bits per heavy atom. The van der Waals surface area contributed by atoms with Gasteiger partial charge < -0.3 is 0 Å². The summed E-state index contributed by atoms with van der Waals surface area (Å²) >= 11 is 3.42. The maximum absolute atomic E-state index is 4.67. The predicted octanol–water partition coefficient (Wildman–Crippen LogP) is 5.89. The van der Waals surface area contributed by atoms with E-state index >= 15 is 0 Å². The molecule has 1 aromatic heterocycles. The van der Waals surface area contributed by atoms with Gasteiger partial charge in [-0.2, -0.15) is 0 Å². The van der Waals surface area contributed by atoms with Crippen molar-refractivity contribution in [2.24, 2.45) is 5.41 Å². The number of hydrogen-bond donors (Lipinski definition) is 1. The molecule has 0 fully saturated rings. The Labute approximate surface area is 136 Å². The van der Waals surface area contributed by atoms with E-state index in [9.17, 15) is 0 Å². The first-order valence-electron chi connectivity index (χ1n) is 7.61. The van der Waals surface area contributed by atoms with E-state index in [-0.39, 0.29) is 5.54 Å². The lowest BCUT2D eigenvalue weighted by atomic mass is 9.77. The van der Waals surface area contributed by atoms with Crippen LogP contribution in [0, 0.1) is 5.41 Å². The summed E-state index contributed by atoms with van der Waals surface area (Å²) in [6, 6.07) is 8.32. The highest BCUT2D eigenvalue weighted by Crippen LogP contribution is 2.35. The standard InChI is InChI=1S/C17H26N2S2/c1-6-11-16(2,3)12-17(4,5)19-21-15-18-13-9-7-8-10-14(13)20-15/h7-10,19H,6,11-12H2,1-5H3. The zero-order valence-electron chi connectivity index (χ0n) is 13.7. The maximum atomic E-state index is 4.67. The van der Waals surface area contributed by atoms with E-state index in [4.69, 9.17) is 0 Å². The molecule has 0 saturated heterocycles. The van der Waals surface area contributed by atoms with Crippen molar-refractivity contribution < 1.29 is 0 Å². The molecule has 1 heterocycles. The van der Waals surface area contributed by atoms with Crippen LogP contribution < -0.4 is 4.72 Å². The summed E-state index contributed by atoms with van der Waals surface area (Å²) in [5, 5.41) is 0. The summed E-state index contributed by atoms with van der Waals surface area (Å²) in [6.45, 7) is 11.6. The van der Waals surface area contributed by atoms with Crippen molar-refractivity contribution in [2.45, 2.75) is 63.8 Å². The zero-order chi connectivity index (χ0) is 15.5. The van der Waals surface area contributed by atoms with E-state index in [0.717, 1.165) is 16.3 Å². The second-order valence-electron chi connectivity index (χ2n) is 7.13. The van der Waals surface area contributed by atoms with E-state index in [1.165, 1.54) is 17.5 Å². The van der Waals surface area contributed by atoms with Crippen molar-refractivity contribution in [3.8, 4) is 0 Å². The van der Waals surface area contributed by atoms with Gasteiger partial charge in [0.25, 0.3) is 0 Å². The first kappa shape index (κ1) is 16.8. The monoisotopic (exact) mass is 322 g/mol. The minimum Gasteiger partial charge on any atom is -0.252 e. The molecule has 116 valence electrons. The Morgan fingerprint density at radius 2 is 1.90 bits per heavy atom. The van der Waals surface area contributed by atoms with E-state index < -0.39 is 0 Å². The summed E-state index contributed by atoms with van der Waals surface area (Å²) in [6.07, 6.45) is 3.67. The van der Waals surface area contributed by atoms with Crippen LogP contribution in [0.2, 0.25) is 0 Å². The molecule has 1 aromatic carbocycles. The molecule has 21 heavy (non-hydrogen) atoms. The molecule has 2 aromatic rings. The second-order valence-corrected chi connectivity index (χ2v) is 9.21. The molecule has 0 amide bonds. The molecule has 1 N–H and O–H groups in total. The van der Waals surface area contributed by atoms with Gasteiger partial charge >= 0.3 is 0 Å². The Kier molecular flexibility index (Phi) is 5.33. The van der Waals surface area contributed by atoms with E-state index in [0.29, 0.717) is 5.41 Å². The van der Waals surface area contributed by atoms with Crippen LogP contribution in [0.4, 0.5) is 0 Å². The van der Waals surface area contributed by atoms with E-state index in [2.05, 4.69) is 62.5 Å². The zero-order valence-corrected chi connectivity index (χ0v) is 15.3. The van der Waals surface area contributed by atoms with Crippen molar-refractivity contribution >= 4 is 33.5 Å². The van der Waals surface area contributed by atoms with Crippen LogP contribution in [0.15, 0.2) is 28.6 Å². The molecular formula is C17H26N2S2. The van der Waals surface area contributed by atoms with Gasteiger partial charge in [0.15, 0.2) is 4.34 Å². The lowest BCUT2D eigenvalue weighted by molar-refractivity contribution is 0.230. The summed E-state index contributed by atoms with van der Waals surface area (Å²) in [5.74, 6) is 0. The van der Waals surface area contributed by atoms with Crippen LogP contribution in [0.5, 0.6) is 0 Å². The summed E-state index contributed by atoms with van der Waals surface area (Å²) in [4.78, 5) is 4.67. The van der Waals surface area contributed by atoms with Gasteiger partial charge in [-0.25, -0.2) is 4.98 Å². The van der Waals surface area contributed by atoms with Gasteiger partial charge in [0.1, 0.15) is 0 Å².